The maximum atomic E-state index is 12.9. The molecule has 3 atom stereocenters. The van der Waals surface area contributed by atoms with Gasteiger partial charge in [0.25, 0.3) is 5.56 Å². The summed E-state index contributed by atoms with van der Waals surface area (Å²) in [6.07, 6.45) is 0.283. The Hall–Kier alpha value is -3.32. The number of halogens is 3. The zero-order valence-corrected chi connectivity index (χ0v) is 16.6. The molecular formula is C21H23F3N6O. The number of amidine groups is 1. The number of aromatic nitrogens is 1. The number of rotatable bonds is 5. The third-order valence-corrected chi connectivity index (χ3v) is 5.35. The lowest BCUT2D eigenvalue weighted by Crippen LogP contribution is -2.34. The molecule has 1 aromatic carbocycles. The lowest BCUT2D eigenvalue weighted by Gasteiger charge is -2.29. The molecule has 10 heteroatoms. The van der Waals surface area contributed by atoms with Crippen LogP contribution >= 0.6 is 0 Å². The molecule has 31 heavy (non-hydrogen) atoms. The van der Waals surface area contributed by atoms with E-state index in [2.05, 4.69) is 21.7 Å². The molecule has 1 fully saturated rings. The largest absolute Gasteiger partial charge is 0.407 e. The predicted octanol–water partition coefficient (Wildman–Crippen LogP) is 3.87. The average molecular weight is 432 g/mol. The number of anilines is 2. The van der Waals surface area contributed by atoms with Crippen LogP contribution in [0, 0.1) is 22.7 Å². The molecule has 0 radical (unpaired) electrons. The van der Waals surface area contributed by atoms with Crippen LogP contribution in [0.3, 0.4) is 0 Å². The van der Waals surface area contributed by atoms with Gasteiger partial charge in [0.1, 0.15) is 17.4 Å². The third kappa shape index (κ3) is 5.24. The van der Waals surface area contributed by atoms with Gasteiger partial charge in [0.05, 0.1) is 17.7 Å². The Bertz CT molecular complexity index is 1040. The summed E-state index contributed by atoms with van der Waals surface area (Å²) in [6, 6.07) is 6.90. The van der Waals surface area contributed by atoms with Crippen molar-refractivity contribution in [2.45, 2.75) is 43.9 Å². The van der Waals surface area contributed by atoms with Gasteiger partial charge in [-0.05, 0) is 36.6 Å². The van der Waals surface area contributed by atoms with Gasteiger partial charge in [-0.3, -0.25) is 10.2 Å². The second-order valence-corrected chi connectivity index (χ2v) is 7.51. The van der Waals surface area contributed by atoms with Gasteiger partial charge in [0.15, 0.2) is 0 Å². The second-order valence-electron chi connectivity index (χ2n) is 7.51. The molecule has 3 rings (SSSR count). The van der Waals surface area contributed by atoms with Gasteiger partial charge >= 0.3 is 6.18 Å². The molecule has 6 N–H and O–H groups in total. The van der Waals surface area contributed by atoms with Crippen LogP contribution in [0.25, 0.3) is 0 Å². The fourth-order valence-corrected chi connectivity index (χ4v) is 3.71. The molecule has 0 spiro atoms. The van der Waals surface area contributed by atoms with Crippen molar-refractivity contribution in [2.24, 2.45) is 11.7 Å². The number of nitrogens with one attached hydrogen (secondary N) is 4. The van der Waals surface area contributed by atoms with Gasteiger partial charge in [0.2, 0.25) is 0 Å². The summed E-state index contributed by atoms with van der Waals surface area (Å²) < 4.78 is 38.8. The Balaban J connectivity index is 1.84. The molecule has 1 heterocycles. The number of nitriles is 1. The fraction of sp³-hybridized carbons (Fsp3) is 0.381. The summed E-state index contributed by atoms with van der Waals surface area (Å²) in [6.45, 7) is 0. The van der Waals surface area contributed by atoms with Crippen LogP contribution < -0.4 is 21.9 Å². The molecule has 0 saturated heterocycles. The average Bonchev–Trinajstić information content (AvgIpc) is 2.73. The molecule has 164 valence electrons. The van der Waals surface area contributed by atoms with Crippen LogP contribution in [0.15, 0.2) is 41.3 Å². The highest BCUT2D eigenvalue weighted by Gasteiger charge is 2.37. The minimum Gasteiger partial charge on any atom is -0.380 e. The smallest absolute Gasteiger partial charge is 0.380 e. The number of aromatic amines is 1. The maximum Gasteiger partial charge on any atom is 0.407 e. The fourth-order valence-electron chi connectivity index (χ4n) is 3.71. The van der Waals surface area contributed by atoms with Gasteiger partial charge in [-0.2, -0.15) is 18.4 Å². The van der Waals surface area contributed by atoms with E-state index in [-0.39, 0.29) is 34.6 Å². The second kappa shape index (κ2) is 9.22. The first-order chi connectivity index (χ1) is 14.7. The Morgan fingerprint density at radius 3 is 2.74 bits per heavy atom. The van der Waals surface area contributed by atoms with Crippen molar-refractivity contribution in [1.82, 2.24) is 4.98 Å². The normalized spacial score (nSPS) is 19.8. The van der Waals surface area contributed by atoms with E-state index in [1.54, 1.807) is 6.07 Å². The van der Waals surface area contributed by atoms with E-state index in [4.69, 9.17) is 11.1 Å². The van der Waals surface area contributed by atoms with Crippen LogP contribution in [0.4, 0.5) is 24.5 Å². The van der Waals surface area contributed by atoms with E-state index >= 15 is 0 Å². The molecule has 1 saturated carbocycles. The number of benzene rings is 1. The van der Waals surface area contributed by atoms with Crippen LogP contribution in [0.5, 0.6) is 0 Å². The highest BCUT2D eigenvalue weighted by atomic mass is 19.4. The SMILES string of the molecule is N#C[C@H]1CCCC[C@@H]1Nc1cc[nH]c(=O)c1C(=N)Nc1cccc([C@@H](N)C(F)(F)F)c1. The molecular weight excluding hydrogens is 409 g/mol. The minimum atomic E-state index is -4.60. The standard InChI is InChI=1S/C21H23F3N6O/c22-21(23,24)18(26)12-5-3-6-14(10-12)29-19(27)17-16(8-9-28-20(17)31)30-15-7-2-1-4-13(15)11-25/h3,5-6,8-10,13,15,18H,1-2,4,7,26H2,(H2,27,29)(H2,28,30,31)/t13-,15+,18-/m1/s1. The monoisotopic (exact) mass is 432 g/mol. The van der Waals surface area contributed by atoms with Crippen molar-refractivity contribution in [1.29, 1.82) is 10.7 Å². The first kappa shape index (κ1) is 22.4. The molecule has 1 aromatic heterocycles. The number of hydrogen-bond donors (Lipinski definition) is 5. The van der Waals surface area contributed by atoms with Gasteiger partial charge in [-0.25, -0.2) is 0 Å². The minimum absolute atomic E-state index is 0.00952. The van der Waals surface area contributed by atoms with E-state index in [0.29, 0.717) is 5.69 Å². The molecule has 1 aliphatic carbocycles. The summed E-state index contributed by atoms with van der Waals surface area (Å²) in [4.78, 5) is 15.0. The molecule has 7 nitrogen and oxygen atoms in total. The van der Waals surface area contributed by atoms with Crippen molar-refractivity contribution in [3.63, 3.8) is 0 Å². The Labute approximate surface area is 177 Å². The van der Waals surface area contributed by atoms with E-state index in [1.165, 1.54) is 30.5 Å². The van der Waals surface area contributed by atoms with Crippen molar-refractivity contribution in [2.75, 3.05) is 10.6 Å². The van der Waals surface area contributed by atoms with Crippen molar-refractivity contribution < 1.29 is 13.2 Å². The Morgan fingerprint density at radius 1 is 1.29 bits per heavy atom. The lowest BCUT2D eigenvalue weighted by molar-refractivity contribution is -0.149. The molecule has 1 aliphatic rings. The van der Waals surface area contributed by atoms with E-state index < -0.39 is 17.8 Å². The first-order valence-corrected chi connectivity index (χ1v) is 9.86. The van der Waals surface area contributed by atoms with Gasteiger partial charge in [-0.1, -0.05) is 25.0 Å². The summed E-state index contributed by atoms with van der Waals surface area (Å²) in [5, 5.41) is 23.7. The molecule has 2 aromatic rings. The number of hydrogen-bond acceptors (Lipinski definition) is 5. The van der Waals surface area contributed by atoms with Crippen LogP contribution in [-0.2, 0) is 0 Å². The van der Waals surface area contributed by atoms with Crippen molar-refractivity contribution in [3.8, 4) is 6.07 Å². The topological polar surface area (TPSA) is 131 Å². The lowest BCUT2D eigenvalue weighted by atomic mass is 9.85. The first-order valence-electron chi connectivity index (χ1n) is 9.86. The predicted molar refractivity (Wildman–Crippen MR) is 112 cm³/mol. The molecule has 0 unspecified atom stereocenters. The maximum absolute atomic E-state index is 12.9. The van der Waals surface area contributed by atoms with E-state index in [9.17, 15) is 23.2 Å². The molecule has 0 amide bonds. The van der Waals surface area contributed by atoms with Crippen molar-refractivity contribution >= 4 is 17.2 Å². The van der Waals surface area contributed by atoms with Crippen LogP contribution in [-0.4, -0.2) is 23.0 Å². The van der Waals surface area contributed by atoms with E-state index in [1.807, 2.05) is 0 Å². The number of H-pyrrole nitrogens is 1. The highest BCUT2D eigenvalue weighted by Crippen LogP contribution is 2.32. The van der Waals surface area contributed by atoms with Crippen LogP contribution in [0.2, 0.25) is 0 Å². The number of nitrogens with two attached hydrogens (primary N) is 1. The zero-order valence-electron chi connectivity index (χ0n) is 16.6. The Morgan fingerprint density at radius 2 is 2.03 bits per heavy atom. The van der Waals surface area contributed by atoms with Crippen molar-refractivity contribution in [3.05, 3.63) is 58.0 Å². The zero-order chi connectivity index (χ0) is 22.6. The summed E-state index contributed by atoms with van der Waals surface area (Å²) in [5.41, 5.74) is 5.16. The molecule has 0 bridgehead atoms. The Kier molecular flexibility index (Phi) is 6.65. The number of alkyl halides is 3. The summed E-state index contributed by atoms with van der Waals surface area (Å²) in [7, 11) is 0. The van der Waals surface area contributed by atoms with Crippen LogP contribution in [0.1, 0.15) is 42.9 Å². The van der Waals surface area contributed by atoms with Gasteiger partial charge in [-0.15, -0.1) is 0 Å². The highest BCUT2D eigenvalue weighted by molar-refractivity contribution is 6.09. The van der Waals surface area contributed by atoms with E-state index in [0.717, 1.165) is 25.7 Å². The number of pyridine rings is 1. The quantitative estimate of drug-likeness (QED) is 0.362. The third-order valence-electron chi connectivity index (χ3n) is 5.35. The number of nitrogens with zero attached hydrogens (tertiary/aromatic N) is 1. The van der Waals surface area contributed by atoms with Gasteiger partial charge < -0.3 is 21.4 Å². The van der Waals surface area contributed by atoms with Gasteiger partial charge in [0, 0.05) is 17.9 Å². The molecule has 0 aliphatic heterocycles. The summed E-state index contributed by atoms with van der Waals surface area (Å²) in [5.74, 6) is -0.491. The summed E-state index contributed by atoms with van der Waals surface area (Å²) >= 11 is 0.